The molecule has 0 saturated carbocycles. The maximum atomic E-state index is 11.3. The molecular formula is C10H9BrN2O2. The first-order valence-electron chi connectivity index (χ1n) is 4.36. The number of rotatable bonds is 1. The molecule has 0 spiro atoms. The number of hydrogen-bond donors (Lipinski definition) is 1. The van der Waals surface area contributed by atoms with Crippen molar-refractivity contribution in [2.75, 3.05) is 7.11 Å². The molecule has 0 unspecified atom stereocenters. The van der Waals surface area contributed by atoms with Crippen molar-refractivity contribution in [1.29, 1.82) is 0 Å². The fourth-order valence-corrected chi connectivity index (χ4v) is 2.23. The van der Waals surface area contributed by atoms with E-state index >= 15 is 0 Å². The van der Waals surface area contributed by atoms with Gasteiger partial charge in [0.05, 0.1) is 18.2 Å². The second-order valence-electron chi connectivity index (χ2n) is 3.19. The number of carbonyl (C=O) groups is 1. The number of ether oxygens (including phenoxy) is 1. The Hall–Kier alpha value is -1.36. The summed E-state index contributed by atoms with van der Waals surface area (Å²) in [5.41, 5.74) is 2.21. The quantitative estimate of drug-likeness (QED) is 0.809. The van der Waals surface area contributed by atoms with Crippen LogP contribution in [0.2, 0.25) is 0 Å². The number of aryl methyl sites for hydroxylation is 1. The summed E-state index contributed by atoms with van der Waals surface area (Å²) < 4.78 is 5.49. The van der Waals surface area contributed by atoms with Gasteiger partial charge in [-0.05, 0) is 19.1 Å². The van der Waals surface area contributed by atoms with Crippen molar-refractivity contribution in [1.82, 2.24) is 10.2 Å². The molecular weight excluding hydrogens is 260 g/mol. The molecule has 1 aromatic heterocycles. The summed E-state index contributed by atoms with van der Waals surface area (Å²) in [5.74, 6) is -0.363. The van der Waals surface area contributed by atoms with E-state index in [1.165, 1.54) is 7.11 Å². The van der Waals surface area contributed by atoms with Gasteiger partial charge in [0.15, 0.2) is 0 Å². The van der Waals surface area contributed by atoms with Gasteiger partial charge in [0.1, 0.15) is 0 Å². The Bertz CT molecular complexity index is 533. The smallest absolute Gasteiger partial charge is 0.337 e. The number of esters is 1. The van der Waals surface area contributed by atoms with Crippen LogP contribution in [-0.4, -0.2) is 23.3 Å². The molecule has 0 aliphatic rings. The molecule has 15 heavy (non-hydrogen) atoms. The van der Waals surface area contributed by atoms with Gasteiger partial charge in [-0.15, -0.1) is 0 Å². The summed E-state index contributed by atoms with van der Waals surface area (Å²) in [7, 11) is 1.36. The lowest BCUT2D eigenvalue weighted by molar-refractivity contribution is 0.0601. The molecule has 1 heterocycles. The summed E-state index contributed by atoms with van der Waals surface area (Å²) in [6.45, 7) is 1.93. The Kier molecular flexibility index (Phi) is 2.48. The molecule has 0 aliphatic carbocycles. The average molecular weight is 269 g/mol. The van der Waals surface area contributed by atoms with E-state index in [0.717, 1.165) is 21.1 Å². The summed E-state index contributed by atoms with van der Waals surface area (Å²) in [4.78, 5) is 11.3. The monoisotopic (exact) mass is 268 g/mol. The molecule has 0 amide bonds. The van der Waals surface area contributed by atoms with Crippen molar-refractivity contribution < 1.29 is 9.53 Å². The Morgan fingerprint density at radius 2 is 2.27 bits per heavy atom. The largest absolute Gasteiger partial charge is 0.465 e. The van der Waals surface area contributed by atoms with Crippen LogP contribution in [0.5, 0.6) is 0 Å². The van der Waals surface area contributed by atoms with Crippen LogP contribution in [0.1, 0.15) is 16.1 Å². The highest BCUT2D eigenvalue weighted by Crippen LogP contribution is 2.27. The van der Waals surface area contributed by atoms with E-state index in [4.69, 9.17) is 0 Å². The van der Waals surface area contributed by atoms with Gasteiger partial charge in [-0.1, -0.05) is 15.9 Å². The molecule has 0 aliphatic heterocycles. The number of carbonyl (C=O) groups excluding carboxylic acids is 1. The molecule has 2 rings (SSSR count). The predicted octanol–water partition coefficient (Wildman–Crippen LogP) is 2.42. The maximum Gasteiger partial charge on any atom is 0.337 e. The van der Waals surface area contributed by atoms with Crippen LogP contribution in [0.3, 0.4) is 0 Å². The minimum absolute atomic E-state index is 0.363. The summed E-state index contributed by atoms with van der Waals surface area (Å²) >= 11 is 3.41. The first-order chi connectivity index (χ1) is 7.13. The van der Waals surface area contributed by atoms with E-state index in [1.54, 1.807) is 12.1 Å². The first kappa shape index (κ1) is 10.2. The fourth-order valence-electron chi connectivity index (χ4n) is 1.49. The highest BCUT2D eigenvalue weighted by Gasteiger charge is 2.12. The Morgan fingerprint density at radius 1 is 1.53 bits per heavy atom. The number of halogens is 1. The normalized spacial score (nSPS) is 10.6. The van der Waals surface area contributed by atoms with E-state index in [1.807, 2.05) is 6.92 Å². The number of hydrogen-bond acceptors (Lipinski definition) is 3. The number of aromatic amines is 1. The first-order valence-corrected chi connectivity index (χ1v) is 5.15. The molecule has 5 heteroatoms. The highest BCUT2D eigenvalue weighted by molar-refractivity contribution is 9.10. The number of H-pyrrole nitrogens is 1. The van der Waals surface area contributed by atoms with Crippen molar-refractivity contribution in [2.45, 2.75) is 6.92 Å². The zero-order valence-corrected chi connectivity index (χ0v) is 9.88. The van der Waals surface area contributed by atoms with Crippen molar-refractivity contribution in [3.05, 3.63) is 27.9 Å². The number of methoxy groups -OCH3 is 1. The molecule has 1 N–H and O–H groups in total. The van der Waals surface area contributed by atoms with Crippen LogP contribution in [0.4, 0.5) is 0 Å². The standard InChI is InChI=1S/C10H9BrN2O2/c1-5-9-7(11)3-6(10(14)15-2)4-8(9)13-12-5/h3-4H,1-2H3,(H,12,13). The number of benzene rings is 1. The zero-order valence-electron chi connectivity index (χ0n) is 8.30. The topological polar surface area (TPSA) is 55.0 Å². The maximum absolute atomic E-state index is 11.3. The third-order valence-electron chi connectivity index (χ3n) is 2.21. The molecule has 1 aromatic carbocycles. The second-order valence-corrected chi connectivity index (χ2v) is 4.05. The summed E-state index contributed by atoms with van der Waals surface area (Å²) in [6.07, 6.45) is 0. The third kappa shape index (κ3) is 1.63. The zero-order chi connectivity index (χ0) is 11.0. The molecule has 0 radical (unpaired) electrons. The Morgan fingerprint density at radius 3 is 2.93 bits per heavy atom. The predicted molar refractivity (Wildman–Crippen MR) is 59.9 cm³/mol. The van der Waals surface area contributed by atoms with Crippen molar-refractivity contribution >= 4 is 32.8 Å². The van der Waals surface area contributed by atoms with Crippen molar-refractivity contribution in [3.63, 3.8) is 0 Å². The Balaban J connectivity index is 2.68. The van der Waals surface area contributed by atoms with Gasteiger partial charge in [0.25, 0.3) is 0 Å². The lowest BCUT2D eigenvalue weighted by atomic mass is 10.1. The van der Waals surface area contributed by atoms with Crippen LogP contribution in [0, 0.1) is 6.92 Å². The van der Waals surface area contributed by atoms with E-state index < -0.39 is 0 Å². The number of fused-ring (bicyclic) bond motifs is 1. The van der Waals surface area contributed by atoms with Crippen LogP contribution in [-0.2, 0) is 4.74 Å². The highest BCUT2D eigenvalue weighted by atomic mass is 79.9. The molecule has 0 fully saturated rings. The van der Waals surface area contributed by atoms with Gasteiger partial charge in [-0.2, -0.15) is 5.10 Å². The molecule has 0 bridgehead atoms. The molecule has 2 aromatic rings. The van der Waals surface area contributed by atoms with E-state index in [9.17, 15) is 4.79 Å². The van der Waals surface area contributed by atoms with Crippen molar-refractivity contribution in [2.24, 2.45) is 0 Å². The number of nitrogens with zero attached hydrogens (tertiary/aromatic N) is 1. The van der Waals surface area contributed by atoms with E-state index in [-0.39, 0.29) is 5.97 Å². The van der Waals surface area contributed by atoms with Crippen LogP contribution >= 0.6 is 15.9 Å². The van der Waals surface area contributed by atoms with E-state index in [2.05, 4.69) is 30.9 Å². The minimum Gasteiger partial charge on any atom is -0.465 e. The molecule has 0 atom stereocenters. The van der Waals surface area contributed by atoms with Gasteiger partial charge in [0, 0.05) is 15.6 Å². The van der Waals surface area contributed by atoms with Gasteiger partial charge < -0.3 is 4.74 Å². The van der Waals surface area contributed by atoms with Crippen LogP contribution < -0.4 is 0 Å². The van der Waals surface area contributed by atoms with Crippen molar-refractivity contribution in [3.8, 4) is 0 Å². The van der Waals surface area contributed by atoms with Crippen LogP contribution in [0.25, 0.3) is 10.9 Å². The lowest BCUT2D eigenvalue weighted by Gasteiger charge is -2.01. The number of nitrogens with one attached hydrogen (secondary N) is 1. The van der Waals surface area contributed by atoms with Gasteiger partial charge in [0.2, 0.25) is 0 Å². The van der Waals surface area contributed by atoms with Crippen LogP contribution in [0.15, 0.2) is 16.6 Å². The second kappa shape index (κ2) is 3.66. The SMILES string of the molecule is COC(=O)c1cc(Br)c2c(C)[nH]nc2c1. The third-order valence-corrected chi connectivity index (χ3v) is 2.83. The minimum atomic E-state index is -0.363. The lowest BCUT2D eigenvalue weighted by Crippen LogP contribution is -2.00. The summed E-state index contributed by atoms with van der Waals surface area (Å²) in [6, 6.07) is 3.44. The van der Waals surface area contributed by atoms with Gasteiger partial charge in [-0.25, -0.2) is 4.79 Å². The van der Waals surface area contributed by atoms with Gasteiger partial charge >= 0.3 is 5.97 Å². The molecule has 0 saturated heterocycles. The molecule has 4 nitrogen and oxygen atoms in total. The average Bonchev–Trinajstić information content (AvgIpc) is 2.59. The van der Waals surface area contributed by atoms with E-state index in [0.29, 0.717) is 5.56 Å². The molecule has 78 valence electrons. The van der Waals surface area contributed by atoms with Gasteiger partial charge in [-0.3, -0.25) is 5.10 Å². The fraction of sp³-hybridized carbons (Fsp3) is 0.200. The number of aromatic nitrogens is 2. The Labute approximate surface area is 94.7 Å². The summed E-state index contributed by atoms with van der Waals surface area (Å²) in [5, 5.41) is 7.95.